The molecule has 1 spiro atoms. The van der Waals surface area contributed by atoms with Crippen molar-refractivity contribution in [2.45, 2.75) is 51.7 Å². The van der Waals surface area contributed by atoms with E-state index in [1.807, 2.05) is 6.07 Å². The Morgan fingerprint density at radius 2 is 1.79 bits per heavy atom. The fourth-order valence-electron chi connectivity index (χ4n) is 6.17. The quantitative estimate of drug-likeness (QED) is 0.328. The first-order valence-corrected chi connectivity index (χ1v) is 13.8. The maximum atomic E-state index is 12.9. The van der Waals surface area contributed by atoms with Crippen LogP contribution in [0.1, 0.15) is 47.4 Å². The van der Waals surface area contributed by atoms with E-state index in [0.29, 0.717) is 15.9 Å². The number of nitriles is 1. The van der Waals surface area contributed by atoms with E-state index in [2.05, 4.69) is 49.9 Å². The number of aryl methyl sites for hydroxylation is 1. The standard InChI is InChI=1S/C28H29F3N6S/c1-18-19(2-3-24-22(18)12-20(15-32)35-24)16-36-8-4-27(5-9-36)6-10-37(11-7-27)25-23-13-21(14-28(29,30)31)38-26(23)34-17-33-25/h2-3,12-13,17,35H,4-11,14,16H2,1H3. The van der Waals surface area contributed by atoms with Gasteiger partial charge in [0.25, 0.3) is 0 Å². The first kappa shape index (κ1) is 25.1. The van der Waals surface area contributed by atoms with Gasteiger partial charge in [0.1, 0.15) is 28.7 Å². The van der Waals surface area contributed by atoms with Crippen molar-refractivity contribution in [2.24, 2.45) is 5.41 Å². The Bertz CT molecular complexity index is 1510. The summed E-state index contributed by atoms with van der Waals surface area (Å²) in [5, 5.41) is 11.1. The van der Waals surface area contributed by atoms with Crippen molar-refractivity contribution in [1.29, 1.82) is 5.26 Å². The minimum atomic E-state index is -4.23. The Labute approximate surface area is 223 Å². The second-order valence-electron chi connectivity index (χ2n) is 10.8. The van der Waals surface area contributed by atoms with E-state index < -0.39 is 12.6 Å². The highest BCUT2D eigenvalue weighted by Crippen LogP contribution is 2.43. The number of fused-ring (bicyclic) bond motifs is 2. The number of H-pyrrole nitrogens is 1. The normalized spacial score (nSPS) is 18.4. The van der Waals surface area contributed by atoms with Crippen molar-refractivity contribution < 1.29 is 13.2 Å². The number of hydrogen-bond acceptors (Lipinski definition) is 6. The number of anilines is 1. The number of alkyl halides is 3. The summed E-state index contributed by atoms with van der Waals surface area (Å²) in [6.45, 7) is 6.88. The minimum Gasteiger partial charge on any atom is -0.356 e. The number of piperidine rings is 2. The molecule has 2 fully saturated rings. The molecule has 38 heavy (non-hydrogen) atoms. The van der Waals surface area contributed by atoms with Crippen LogP contribution in [0.25, 0.3) is 21.1 Å². The second-order valence-corrected chi connectivity index (χ2v) is 11.9. The number of rotatable bonds is 4. The van der Waals surface area contributed by atoms with E-state index in [-0.39, 0.29) is 4.88 Å². The average Bonchev–Trinajstić information content (AvgIpc) is 3.50. The molecule has 3 aromatic heterocycles. The van der Waals surface area contributed by atoms with Gasteiger partial charge in [0.15, 0.2) is 0 Å². The van der Waals surface area contributed by atoms with Crippen LogP contribution >= 0.6 is 11.3 Å². The third kappa shape index (κ3) is 4.85. The highest BCUT2D eigenvalue weighted by atomic mass is 32.1. The molecule has 0 atom stereocenters. The third-order valence-electron chi connectivity index (χ3n) is 8.47. The molecule has 1 aromatic carbocycles. The lowest BCUT2D eigenvalue weighted by molar-refractivity contribution is -0.126. The molecule has 0 aliphatic carbocycles. The average molecular weight is 539 g/mol. The number of hydrogen-bond donors (Lipinski definition) is 1. The van der Waals surface area contributed by atoms with Crippen molar-refractivity contribution in [2.75, 3.05) is 31.1 Å². The van der Waals surface area contributed by atoms with Crippen LogP contribution in [0.5, 0.6) is 0 Å². The molecule has 2 aliphatic heterocycles. The maximum Gasteiger partial charge on any atom is 0.393 e. The second kappa shape index (κ2) is 9.54. The number of benzene rings is 1. The minimum absolute atomic E-state index is 0.284. The first-order valence-electron chi connectivity index (χ1n) is 13.0. The van der Waals surface area contributed by atoms with Crippen molar-refractivity contribution in [1.82, 2.24) is 19.9 Å². The monoisotopic (exact) mass is 538 g/mol. The Morgan fingerprint density at radius 3 is 2.50 bits per heavy atom. The Morgan fingerprint density at radius 1 is 1.05 bits per heavy atom. The summed E-state index contributed by atoms with van der Waals surface area (Å²) in [5.41, 5.74) is 4.45. The Hall–Kier alpha value is -3.16. The summed E-state index contributed by atoms with van der Waals surface area (Å²) >= 11 is 1.11. The number of nitrogens with one attached hydrogen (secondary N) is 1. The van der Waals surface area contributed by atoms with Gasteiger partial charge in [0.2, 0.25) is 0 Å². The summed E-state index contributed by atoms with van der Waals surface area (Å²) in [7, 11) is 0. The molecular weight excluding hydrogens is 509 g/mol. The number of thiophene rings is 1. The predicted octanol–water partition coefficient (Wildman–Crippen LogP) is 6.34. The molecule has 198 valence electrons. The van der Waals surface area contributed by atoms with Gasteiger partial charge >= 0.3 is 6.18 Å². The fraction of sp³-hybridized carbons (Fsp3) is 0.464. The number of aromatic amines is 1. The van der Waals surface area contributed by atoms with Crippen molar-refractivity contribution in [3.8, 4) is 6.07 Å². The lowest BCUT2D eigenvalue weighted by Crippen LogP contribution is -2.46. The Balaban J connectivity index is 1.09. The molecule has 0 saturated carbocycles. The summed E-state index contributed by atoms with van der Waals surface area (Å²) in [6.07, 6.45) is 0.759. The van der Waals surface area contributed by atoms with Crippen LogP contribution in [0.15, 0.2) is 30.6 Å². The van der Waals surface area contributed by atoms with Crippen molar-refractivity contribution >= 4 is 38.3 Å². The van der Waals surface area contributed by atoms with Crippen LogP contribution < -0.4 is 4.90 Å². The van der Waals surface area contributed by atoms with Crippen LogP contribution in [-0.2, 0) is 13.0 Å². The molecule has 5 heterocycles. The van der Waals surface area contributed by atoms with Crippen LogP contribution in [0.4, 0.5) is 19.0 Å². The molecule has 0 bridgehead atoms. The number of halogens is 3. The maximum absolute atomic E-state index is 12.9. The van der Waals surface area contributed by atoms with Crippen molar-refractivity contribution in [3.05, 3.63) is 52.3 Å². The van der Waals surface area contributed by atoms with E-state index in [0.717, 1.165) is 91.9 Å². The molecule has 6 rings (SSSR count). The lowest BCUT2D eigenvalue weighted by atomic mass is 9.71. The predicted molar refractivity (Wildman–Crippen MR) is 143 cm³/mol. The number of aromatic nitrogens is 3. The molecule has 6 nitrogen and oxygen atoms in total. The van der Waals surface area contributed by atoms with Crippen LogP contribution in [0.3, 0.4) is 0 Å². The van der Waals surface area contributed by atoms with Gasteiger partial charge in [-0.3, -0.25) is 4.90 Å². The van der Waals surface area contributed by atoms with Gasteiger partial charge in [-0.05, 0) is 80.4 Å². The molecule has 4 aromatic rings. The molecule has 10 heteroatoms. The van der Waals surface area contributed by atoms with Gasteiger partial charge in [-0.1, -0.05) is 6.07 Å². The largest absolute Gasteiger partial charge is 0.393 e. The third-order valence-corrected chi connectivity index (χ3v) is 9.52. The molecule has 0 unspecified atom stereocenters. The van der Waals surface area contributed by atoms with Gasteiger partial charge in [0, 0.05) is 35.4 Å². The molecular formula is C28H29F3N6S. The smallest absolute Gasteiger partial charge is 0.356 e. The van der Waals surface area contributed by atoms with Crippen molar-refractivity contribution in [3.63, 3.8) is 0 Å². The SMILES string of the molecule is Cc1c(CN2CCC3(CC2)CCN(c2ncnc4sc(CC(F)(F)F)cc24)CC3)ccc2[nH]c(C#N)cc12. The molecule has 2 aliphatic rings. The molecule has 0 radical (unpaired) electrons. The van der Waals surface area contributed by atoms with Gasteiger partial charge in [-0.15, -0.1) is 11.3 Å². The van der Waals surface area contributed by atoms with Gasteiger partial charge in [-0.25, -0.2) is 9.97 Å². The summed E-state index contributed by atoms with van der Waals surface area (Å²) < 4.78 is 38.8. The molecule has 0 amide bonds. The highest BCUT2D eigenvalue weighted by molar-refractivity contribution is 7.18. The Kier molecular flexibility index (Phi) is 6.31. The summed E-state index contributed by atoms with van der Waals surface area (Å²) in [6, 6.07) is 10.00. The highest BCUT2D eigenvalue weighted by Gasteiger charge is 2.38. The zero-order valence-electron chi connectivity index (χ0n) is 21.2. The van der Waals surface area contributed by atoms with Crippen LogP contribution in [-0.4, -0.2) is 52.2 Å². The molecule has 1 N–H and O–H groups in total. The molecule has 2 saturated heterocycles. The van der Waals surface area contributed by atoms with Gasteiger partial charge in [-0.2, -0.15) is 18.4 Å². The topological polar surface area (TPSA) is 71.8 Å². The van der Waals surface area contributed by atoms with E-state index >= 15 is 0 Å². The fourth-order valence-corrected chi connectivity index (χ4v) is 7.20. The van der Waals surface area contributed by atoms with E-state index in [9.17, 15) is 18.4 Å². The number of nitrogens with zero attached hydrogens (tertiary/aromatic N) is 5. The van der Waals surface area contributed by atoms with Gasteiger partial charge < -0.3 is 9.88 Å². The van der Waals surface area contributed by atoms with E-state index in [1.165, 1.54) is 17.5 Å². The van der Waals surface area contributed by atoms with Gasteiger partial charge in [0.05, 0.1) is 11.8 Å². The zero-order chi connectivity index (χ0) is 26.5. The zero-order valence-corrected chi connectivity index (χ0v) is 22.1. The summed E-state index contributed by atoms with van der Waals surface area (Å²) in [5.74, 6) is 0.766. The van der Waals surface area contributed by atoms with Crippen LogP contribution in [0.2, 0.25) is 0 Å². The van der Waals surface area contributed by atoms with E-state index in [1.54, 1.807) is 6.07 Å². The van der Waals surface area contributed by atoms with E-state index in [4.69, 9.17) is 0 Å². The van der Waals surface area contributed by atoms with Crippen LogP contribution in [0, 0.1) is 23.7 Å². The number of likely N-dealkylation sites (tertiary alicyclic amines) is 1. The lowest BCUT2D eigenvalue weighted by Gasteiger charge is -2.47. The summed E-state index contributed by atoms with van der Waals surface area (Å²) in [4.78, 5) is 17.5. The first-order chi connectivity index (χ1) is 18.2.